The Labute approximate surface area is 179 Å². The van der Waals surface area contributed by atoms with Gasteiger partial charge in [-0.3, -0.25) is 14.5 Å². The van der Waals surface area contributed by atoms with Crippen LogP contribution >= 0.6 is 0 Å². The third-order valence-corrected chi connectivity index (χ3v) is 5.39. The van der Waals surface area contributed by atoms with Gasteiger partial charge in [0.2, 0.25) is 0 Å². The normalized spacial score (nSPS) is 17.8. The molecule has 4 rings (SSSR count). The van der Waals surface area contributed by atoms with Crippen molar-refractivity contribution in [3.05, 3.63) is 101 Å². The van der Waals surface area contributed by atoms with Gasteiger partial charge in [-0.25, -0.2) is 4.39 Å². The Morgan fingerprint density at radius 3 is 2.29 bits per heavy atom. The predicted molar refractivity (Wildman–Crippen MR) is 115 cm³/mol. The van der Waals surface area contributed by atoms with Gasteiger partial charge in [-0.05, 0) is 54.4 Å². The van der Waals surface area contributed by atoms with Gasteiger partial charge in [-0.2, -0.15) is 0 Å². The molecule has 1 heterocycles. The Bertz CT molecular complexity index is 1200. The monoisotopic (exact) mass is 417 g/mol. The number of anilines is 1. The van der Waals surface area contributed by atoms with Crippen LogP contribution in [0.4, 0.5) is 10.1 Å². The van der Waals surface area contributed by atoms with E-state index in [4.69, 9.17) is 4.74 Å². The number of amides is 1. The van der Waals surface area contributed by atoms with Gasteiger partial charge in [0, 0.05) is 5.69 Å². The summed E-state index contributed by atoms with van der Waals surface area (Å²) >= 11 is 0. The third-order valence-electron chi connectivity index (χ3n) is 5.39. The second-order valence-electron chi connectivity index (χ2n) is 7.20. The lowest BCUT2D eigenvalue weighted by Gasteiger charge is -2.26. The zero-order valence-corrected chi connectivity index (χ0v) is 17.0. The number of ketones is 1. The summed E-state index contributed by atoms with van der Waals surface area (Å²) in [6.07, 6.45) is 0. The van der Waals surface area contributed by atoms with Gasteiger partial charge >= 0.3 is 0 Å². The van der Waals surface area contributed by atoms with Crippen LogP contribution in [-0.4, -0.2) is 23.9 Å². The Hall–Kier alpha value is -3.93. The van der Waals surface area contributed by atoms with E-state index in [0.29, 0.717) is 22.6 Å². The number of benzene rings is 3. The minimum absolute atomic E-state index is 0.0480. The summed E-state index contributed by atoms with van der Waals surface area (Å²) in [6, 6.07) is 18.5. The first-order valence-electron chi connectivity index (χ1n) is 9.69. The second kappa shape index (κ2) is 8.07. The zero-order valence-electron chi connectivity index (χ0n) is 17.0. The van der Waals surface area contributed by atoms with E-state index in [-0.39, 0.29) is 11.3 Å². The number of nitrogens with zero attached hydrogens (tertiary/aromatic N) is 1. The fraction of sp³-hybridized carbons (Fsp3) is 0.120. The molecule has 1 N–H and O–H groups in total. The van der Waals surface area contributed by atoms with E-state index < -0.39 is 23.5 Å². The number of ether oxygens (including phenoxy) is 1. The van der Waals surface area contributed by atoms with Crippen molar-refractivity contribution < 1.29 is 23.8 Å². The standard InChI is InChI=1S/C25H20FNO4/c1-15-7-3-4-8-18(15)22-21(23(28)19-9-5-6-10-20(19)31-2)24(29)25(30)27(22)17-13-11-16(26)12-14-17/h3-14,22,28H,1-2H3/b23-21+. The summed E-state index contributed by atoms with van der Waals surface area (Å²) in [6.45, 7) is 1.86. The van der Waals surface area contributed by atoms with Gasteiger partial charge in [0.15, 0.2) is 0 Å². The van der Waals surface area contributed by atoms with Crippen molar-refractivity contribution in [1.82, 2.24) is 0 Å². The van der Waals surface area contributed by atoms with Gasteiger partial charge in [0.25, 0.3) is 11.7 Å². The molecular formula is C25H20FNO4. The fourth-order valence-corrected chi connectivity index (χ4v) is 3.87. The highest BCUT2D eigenvalue weighted by atomic mass is 19.1. The molecule has 1 aliphatic rings. The Morgan fingerprint density at radius 2 is 1.61 bits per heavy atom. The number of methoxy groups -OCH3 is 1. The van der Waals surface area contributed by atoms with Gasteiger partial charge < -0.3 is 9.84 Å². The van der Waals surface area contributed by atoms with Crippen LogP contribution in [0.5, 0.6) is 5.75 Å². The molecule has 0 bridgehead atoms. The first-order valence-corrected chi connectivity index (χ1v) is 9.69. The van der Waals surface area contributed by atoms with Crippen LogP contribution < -0.4 is 9.64 Å². The number of carbonyl (C=O) groups excluding carboxylic acids is 2. The highest BCUT2D eigenvalue weighted by Gasteiger charge is 2.47. The predicted octanol–water partition coefficient (Wildman–Crippen LogP) is 4.77. The molecule has 0 aliphatic carbocycles. The van der Waals surface area contributed by atoms with Crippen LogP contribution in [0.25, 0.3) is 5.76 Å². The molecule has 1 aliphatic heterocycles. The highest BCUT2D eigenvalue weighted by molar-refractivity contribution is 6.51. The summed E-state index contributed by atoms with van der Waals surface area (Å²) in [5.74, 6) is -2.02. The van der Waals surface area contributed by atoms with E-state index in [1.165, 1.54) is 36.3 Å². The average molecular weight is 417 g/mol. The summed E-state index contributed by atoms with van der Waals surface area (Å²) < 4.78 is 18.8. The minimum atomic E-state index is -0.878. The van der Waals surface area contributed by atoms with E-state index in [0.717, 1.165) is 5.56 Å². The molecule has 1 amide bonds. The first-order chi connectivity index (χ1) is 14.9. The number of halogens is 1. The third kappa shape index (κ3) is 3.46. The van der Waals surface area contributed by atoms with E-state index >= 15 is 0 Å². The maximum Gasteiger partial charge on any atom is 0.300 e. The molecule has 3 aromatic carbocycles. The lowest BCUT2D eigenvalue weighted by molar-refractivity contribution is -0.132. The summed E-state index contributed by atoms with van der Waals surface area (Å²) in [5, 5.41) is 11.2. The number of aliphatic hydroxyl groups excluding tert-OH is 1. The van der Waals surface area contributed by atoms with Crippen molar-refractivity contribution >= 4 is 23.1 Å². The molecule has 5 nitrogen and oxygen atoms in total. The molecule has 1 fully saturated rings. The van der Waals surface area contributed by atoms with Crippen molar-refractivity contribution in [3.63, 3.8) is 0 Å². The van der Waals surface area contributed by atoms with Gasteiger partial charge in [0.1, 0.15) is 17.3 Å². The van der Waals surface area contributed by atoms with E-state index in [1.807, 2.05) is 19.1 Å². The summed E-state index contributed by atoms with van der Waals surface area (Å²) in [7, 11) is 1.46. The highest BCUT2D eigenvalue weighted by Crippen LogP contribution is 2.44. The summed E-state index contributed by atoms with van der Waals surface area (Å²) in [5.41, 5.74) is 2.14. The van der Waals surface area contributed by atoms with Crippen LogP contribution in [0.2, 0.25) is 0 Å². The Kier molecular flexibility index (Phi) is 5.29. The number of rotatable bonds is 4. The molecule has 3 aromatic rings. The van der Waals surface area contributed by atoms with E-state index in [9.17, 15) is 19.1 Å². The molecule has 0 spiro atoms. The smallest absolute Gasteiger partial charge is 0.300 e. The van der Waals surface area contributed by atoms with Crippen LogP contribution in [-0.2, 0) is 9.59 Å². The van der Waals surface area contributed by atoms with Gasteiger partial charge in [-0.15, -0.1) is 0 Å². The van der Waals surface area contributed by atoms with Gasteiger partial charge in [0.05, 0.1) is 24.3 Å². The number of carbonyl (C=O) groups is 2. The number of aryl methyl sites for hydroxylation is 1. The molecule has 156 valence electrons. The molecule has 1 atom stereocenters. The second-order valence-corrected chi connectivity index (χ2v) is 7.20. The van der Waals surface area contributed by atoms with Crippen molar-refractivity contribution in [1.29, 1.82) is 0 Å². The SMILES string of the molecule is COc1ccccc1/C(O)=C1\C(=O)C(=O)N(c2ccc(F)cc2)C1c1ccccc1C. The lowest BCUT2D eigenvalue weighted by atomic mass is 9.92. The minimum Gasteiger partial charge on any atom is -0.507 e. The number of para-hydroxylation sites is 1. The van der Waals surface area contributed by atoms with Crippen LogP contribution in [0, 0.1) is 12.7 Å². The average Bonchev–Trinajstić information content (AvgIpc) is 3.04. The van der Waals surface area contributed by atoms with Crippen molar-refractivity contribution in [3.8, 4) is 5.75 Å². The van der Waals surface area contributed by atoms with Crippen LogP contribution in [0.1, 0.15) is 22.7 Å². The summed E-state index contributed by atoms with van der Waals surface area (Å²) in [4.78, 5) is 27.5. The Morgan fingerprint density at radius 1 is 0.968 bits per heavy atom. The number of aliphatic hydroxyl groups is 1. The first kappa shape index (κ1) is 20.3. The lowest BCUT2D eigenvalue weighted by Crippen LogP contribution is -2.29. The van der Waals surface area contributed by atoms with Crippen LogP contribution in [0.15, 0.2) is 78.4 Å². The molecule has 1 unspecified atom stereocenters. The molecule has 1 saturated heterocycles. The zero-order chi connectivity index (χ0) is 22.1. The molecule has 31 heavy (non-hydrogen) atoms. The molecular weight excluding hydrogens is 397 g/mol. The Balaban J connectivity index is 1.99. The molecule has 0 radical (unpaired) electrons. The van der Waals surface area contributed by atoms with Crippen molar-refractivity contribution in [2.45, 2.75) is 13.0 Å². The van der Waals surface area contributed by atoms with Gasteiger partial charge in [-0.1, -0.05) is 36.4 Å². The quantitative estimate of drug-likeness (QED) is 0.377. The number of hydrogen-bond donors (Lipinski definition) is 1. The molecule has 0 saturated carbocycles. The van der Waals surface area contributed by atoms with Crippen LogP contribution in [0.3, 0.4) is 0 Å². The van der Waals surface area contributed by atoms with E-state index in [2.05, 4.69) is 0 Å². The largest absolute Gasteiger partial charge is 0.507 e. The maximum absolute atomic E-state index is 13.5. The fourth-order valence-electron chi connectivity index (χ4n) is 3.87. The topological polar surface area (TPSA) is 66.8 Å². The number of hydrogen-bond acceptors (Lipinski definition) is 4. The van der Waals surface area contributed by atoms with Crippen molar-refractivity contribution in [2.24, 2.45) is 0 Å². The maximum atomic E-state index is 13.5. The molecule has 6 heteroatoms. The van der Waals surface area contributed by atoms with E-state index in [1.54, 1.807) is 36.4 Å². The van der Waals surface area contributed by atoms with Crippen molar-refractivity contribution in [2.75, 3.05) is 12.0 Å². The number of Topliss-reactive ketones (excluding diaryl/α,β-unsaturated/α-hetero) is 1. The molecule has 0 aromatic heterocycles.